The molecule has 0 radical (unpaired) electrons. The van der Waals surface area contributed by atoms with Gasteiger partial charge in [-0.05, 0) is 30.7 Å². The predicted octanol–water partition coefficient (Wildman–Crippen LogP) is 1.68. The van der Waals surface area contributed by atoms with Gasteiger partial charge in [-0.3, -0.25) is 4.79 Å². The molecule has 1 fully saturated rings. The van der Waals surface area contributed by atoms with Gasteiger partial charge in [0.25, 0.3) is 5.91 Å². The van der Waals surface area contributed by atoms with Crippen LogP contribution in [0.4, 0.5) is 0 Å². The van der Waals surface area contributed by atoms with Crippen molar-refractivity contribution in [3.63, 3.8) is 0 Å². The van der Waals surface area contributed by atoms with Crippen LogP contribution in [0.2, 0.25) is 0 Å². The maximum absolute atomic E-state index is 11.9. The lowest BCUT2D eigenvalue weighted by atomic mass is 10.1. The fourth-order valence-corrected chi connectivity index (χ4v) is 1.83. The summed E-state index contributed by atoms with van der Waals surface area (Å²) in [6.45, 7) is 3.70. The molecule has 0 atom stereocenters. The van der Waals surface area contributed by atoms with Crippen LogP contribution in [0.3, 0.4) is 0 Å². The number of nitrogens with zero attached hydrogens (tertiary/aromatic N) is 1. The van der Waals surface area contributed by atoms with Gasteiger partial charge in [0.1, 0.15) is 5.75 Å². The topological polar surface area (TPSA) is 49.8 Å². The van der Waals surface area contributed by atoms with Gasteiger partial charge >= 0.3 is 0 Å². The molecule has 4 heteroatoms. The smallest absolute Gasteiger partial charge is 0.254 e. The van der Waals surface area contributed by atoms with Crippen molar-refractivity contribution in [2.75, 3.05) is 19.7 Å². The Morgan fingerprint density at radius 3 is 2.61 bits per heavy atom. The van der Waals surface area contributed by atoms with E-state index in [4.69, 9.17) is 9.84 Å². The van der Waals surface area contributed by atoms with Crippen LogP contribution in [-0.2, 0) is 0 Å². The number of aliphatic hydroxyl groups excluding tert-OH is 1. The van der Waals surface area contributed by atoms with E-state index < -0.39 is 0 Å². The molecule has 0 aromatic heterocycles. The monoisotopic (exact) mass is 249 g/mol. The van der Waals surface area contributed by atoms with Crippen LogP contribution in [0.5, 0.6) is 5.75 Å². The molecule has 1 aliphatic rings. The highest BCUT2D eigenvalue weighted by Gasteiger charge is 2.29. The zero-order valence-electron chi connectivity index (χ0n) is 10.6. The molecular weight excluding hydrogens is 230 g/mol. The van der Waals surface area contributed by atoms with Gasteiger partial charge in [-0.2, -0.15) is 0 Å². The molecule has 0 unspecified atom stereocenters. The molecule has 0 saturated carbocycles. The molecule has 0 aliphatic carbocycles. The Kier molecular flexibility index (Phi) is 4.20. The summed E-state index contributed by atoms with van der Waals surface area (Å²) in [4.78, 5) is 13.6. The standard InChI is InChI=1S/C14H19NO3/c1-2-3-8-18-13-6-4-11(5-7-13)14(17)15-9-12(16)10-15/h4-7,12,16H,2-3,8-10H2,1H3. The normalized spacial score (nSPS) is 15.3. The van der Waals surface area contributed by atoms with Crippen molar-refractivity contribution in [3.05, 3.63) is 29.8 Å². The Morgan fingerprint density at radius 1 is 1.39 bits per heavy atom. The number of ether oxygens (including phenoxy) is 1. The first-order valence-electron chi connectivity index (χ1n) is 6.41. The first-order valence-corrected chi connectivity index (χ1v) is 6.41. The maximum atomic E-state index is 11.9. The molecule has 4 nitrogen and oxygen atoms in total. The summed E-state index contributed by atoms with van der Waals surface area (Å²) in [6.07, 6.45) is 1.78. The van der Waals surface area contributed by atoms with Gasteiger partial charge in [0.15, 0.2) is 0 Å². The Labute approximate surface area is 107 Å². The number of hydrogen-bond donors (Lipinski definition) is 1. The molecule has 1 amide bonds. The molecule has 1 aliphatic heterocycles. The number of carbonyl (C=O) groups excluding carboxylic acids is 1. The van der Waals surface area contributed by atoms with Gasteiger partial charge in [0.2, 0.25) is 0 Å². The van der Waals surface area contributed by atoms with Crippen molar-refractivity contribution >= 4 is 5.91 Å². The summed E-state index contributed by atoms with van der Waals surface area (Å²) < 4.78 is 5.53. The molecule has 18 heavy (non-hydrogen) atoms. The molecule has 1 saturated heterocycles. The Hall–Kier alpha value is -1.55. The highest BCUT2D eigenvalue weighted by molar-refractivity contribution is 5.94. The Morgan fingerprint density at radius 2 is 2.06 bits per heavy atom. The minimum Gasteiger partial charge on any atom is -0.494 e. The Bertz CT molecular complexity index is 396. The number of carbonyl (C=O) groups is 1. The minimum absolute atomic E-state index is 0.0274. The van der Waals surface area contributed by atoms with E-state index >= 15 is 0 Å². The highest BCUT2D eigenvalue weighted by atomic mass is 16.5. The van der Waals surface area contributed by atoms with Crippen molar-refractivity contribution in [1.29, 1.82) is 0 Å². The number of unbranched alkanes of at least 4 members (excludes halogenated alkanes) is 1. The number of β-amino-alcohol motifs (C(OH)–C–C–N with tert-alkyl or cyclic N) is 1. The van der Waals surface area contributed by atoms with E-state index in [0.717, 1.165) is 18.6 Å². The largest absolute Gasteiger partial charge is 0.494 e. The maximum Gasteiger partial charge on any atom is 0.254 e. The van der Waals surface area contributed by atoms with Crippen LogP contribution in [0.1, 0.15) is 30.1 Å². The number of aliphatic hydroxyl groups is 1. The van der Waals surface area contributed by atoms with Crippen LogP contribution < -0.4 is 4.74 Å². The molecule has 0 bridgehead atoms. The lowest BCUT2D eigenvalue weighted by Crippen LogP contribution is -2.53. The molecule has 1 N–H and O–H groups in total. The van der Waals surface area contributed by atoms with E-state index in [2.05, 4.69) is 6.92 Å². The lowest BCUT2D eigenvalue weighted by molar-refractivity contribution is 0.00589. The van der Waals surface area contributed by atoms with Gasteiger partial charge in [0, 0.05) is 18.7 Å². The number of benzene rings is 1. The Balaban J connectivity index is 1.89. The van der Waals surface area contributed by atoms with Crippen molar-refractivity contribution in [2.24, 2.45) is 0 Å². The van der Waals surface area contributed by atoms with Gasteiger partial charge < -0.3 is 14.7 Å². The average molecular weight is 249 g/mol. The van der Waals surface area contributed by atoms with E-state index in [-0.39, 0.29) is 12.0 Å². The zero-order chi connectivity index (χ0) is 13.0. The van der Waals surface area contributed by atoms with E-state index in [1.165, 1.54) is 0 Å². The second kappa shape index (κ2) is 5.87. The average Bonchev–Trinajstić information content (AvgIpc) is 2.35. The third-order valence-electron chi connectivity index (χ3n) is 3.02. The zero-order valence-corrected chi connectivity index (χ0v) is 10.6. The van der Waals surface area contributed by atoms with Crippen LogP contribution in [-0.4, -0.2) is 41.7 Å². The van der Waals surface area contributed by atoms with E-state index in [9.17, 15) is 4.79 Å². The SMILES string of the molecule is CCCCOc1ccc(C(=O)N2CC(O)C2)cc1. The van der Waals surface area contributed by atoms with Crippen molar-refractivity contribution < 1.29 is 14.6 Å². The van der Waals surface area contributed by atoms with Crippen molar-refractivity contribution in [1.82, 2.24) is 4.90 Å². The summed E-state index contributed by atoms with van der Waals surface area (Å²) >= 11 is 0. The minimum atomic E-state index is -0.356. The fraction of sp³-hybridized carbons (Fsp3) is 0.500. The summed E-state index contributed by atoms with van der Waals surface area (Å²) in [6, 6.07) is 7.18. The third-order valence-corrected chi connectivity index (χ3v) is 3.02. The van der Waals surface area contributed by atoms with Crippen LogP contribution in [0.25, 0.3) is 0 Å². The number of amides is 1. The molecule has 1 heterocycles. The van der Waals surface area contributed by atoms with E-state index in [1.807, 2.05) is 12.1 Å². The number of rotatable bonds is 5. The highest BCUT2D eigenvalue weighted by Crippen LogP contribution is 2.17. The van der Waals surface area contributed by atoms with Crippen LogP contribution >= 0.6 is 0 Å². The van der Waals surface area contributed by atoms with Gasteiger partial charge in [-0.1, -0.05) is 13.3 Å². The molecule has 1 aromatic rings. The van der Waals surface area contributed by atoms with Crippen LogP contribution in [0, 0.1) is 0 Å². The van der Waals surface area contributed by atoms with Gasteiger partial charge in [0.05, 0.1) is 12.7 Å². The quantitative estimate of drug-likeness (QED) is 0.808. The summed E-state index contributed by atoms with van der Waals surface area (Å²) in [5.74, 6) is 0.768. The van der Waals surface area contributed by atoms with E-state index in [1.54, 1.807) is 17.0 Å². The van der Waals surface area contributed by atoms with Crippen molar-refractivity contribution in [3.8, 4) is 5.75 Å². The number of hydrogen-bond acceptors (Lipinski definition) is 3. The van der Waals surface area contributed by atoms with Crippen LogP contribution in [0.15, 0.2) is 24.3 Å². The van der Waals surface area contributed by atoms with Crippen molar-refractivity contribution in [2.45, 2.75) is 25.9 Å². The predicted molar refractivity (Wildman–Crippen MR) is 68.8 cm³/mol. The fourth-order valence-electron chi connectivity index (χ4n) is 1.83. The number of likely N-dealkylation sites (tertiary alicyclic amines) is 1. The molecule has 98 valence electrons. The summed E-state index contributed by atoms with van der Waals surface area (Å²) in [5.41, 5.74) is 0.643. The second-order valence-electron chi connectivity index (χ2n) is 4.59. The van der Waals surface area contributed by atoms with E-state index in [0.29, 0.717) is 25.3 Å². The van der Waals surface area contributed by atoms with Gasteiger partial charge in [-0.15, -0.1) is 0 Å². The lowest BCUT2D eigenvalue weighted by Gasteiger charge is -2.35. The molecule has 2 rings (SSSR count). The molecular formula is C14H19NO3. The van der Waals surface area contributed by atoms with Gasteiger partial charge in [-0.25, -0.2) is 0 Å². The molecule has 1 aromatic carbocycles. The second-order valence-corrected chi connectivity index (χ2v) is 4.59. The third kappa shape index (κ3) is 3.01. The molecule has 0 spiro atoms. The first-order chi connectivity index (χ1) is 8.70. The first kappa shape index (κ1) is 12.9. The summed E-state index contributed by atoms with van der Waals surface area (Å²) in [5, 5.41) is 9.16. The summed E-state index contributed by atoms with van der Waals surface area (Å²) in [7, 11) is 0.